The van der Waals surface area contributed by atoms with E-state index in [1.54, 1.807) is 12.1 Å². The van der Waals surface area contributed by atoms with Gasteiger partial charge in [-0.05, 0) is 53.2 Å². The van der Waals surface area contributed by atoms with Crippen LogP contribution in [0.4, 0.5) is 15.9 Å². The molecular weight excluding hydrogens is 327 g/mol. The maximum absolute atomic E-state index is 13.0. The molecule has 0 aliphatic heterocycles. The lowest BCUT2D eigenvalue weighted by Gasteiger charge is -2.07. The lowest BCUT2D eigenvalue weighted by atomic mass is 10.3. The van der Waals surface area contributed by atoms with Crippen LogP contribution in [0.5, 0.6) is 0 Å². The molecule has 0 aliphatic carbocycles. The maximum Gasteiger partial charge on any atom is 0.276 e. The highest BCUT2D eigenvalue weighted by molar-refractivity contribution is 9.10. The van der Waals surface area contributed by atoms with Gasteiger partial charge in [0, 0.05) is 11.0 Å². The first kappa shape index (κ1) is 14.4. The Labute approximate surface area is 123 Å². The molecule has 2 rings (SSSR count). The summed E-state index contributed by atoms with van der Waals surface area (Å²) in [6, 6.07) is 7.25. The Morgan fingerprint density at radius 2 is 2.10 bits per heavy atom. The Morgan fingerprint density at radius 1 is 1.30 bits per heavy atom. The molecule has 1 heterocycles. The molecule has 0 atom stereocenters. The molecule has 0 fully saturated rings. The molecule has 2 N–H and O–H groups in total. The van der Waals surface area contributed by atoms with Crippen LogP contribution >= 0.6 is 15.9 Å². The lowest BCUT2D eigenvalue weighted by Crippen LogP contribution is -2.15. The number of amides is 1. The van der Waals surface area contributed by atoms with Gasteiger partial charge in [-0.1, -0.05) is 0 Å². The van der Waals surface area contributed by atoms with E-state index in [2.05, 4.69) is 36.8 Å². The second kappa shape index (κ2) is 6.42. The van der Waals surface area contributed by atoms with Gasteiger partial charge in [0.25, 0.3) is 5.91 Å². The number of rotatable bonds is 4. The topological polar surface area (TPSA) is 66.9 Å². The van der Waals surface area contributed by atoms with Crippen molar-refractivity contribution >= 4 is 33.3 Å². The van der Waals surface area contributed by atoms with Gasteiger partial charge in [0.15, 0.2) is 5.69 Å². The summed E-state index contributed by atoms with van der Waals surface area (Å²) < 4.78 is 13.4. The van der Waals surface area contributed by atoms with Crippen molar-refractivity contribution in [2.24, 2.45) is 0 Å². The van der Waals surface area contributed by atoms with Crippen molar-refractivity contribution < 1.29 is 9.18 Å². The first-order valence-corrected chi connectivity index (χ1v) is 6.73. The highest BCUT2D eigenvalue weighted by Crippen LogP contribution is 2.23. The molecule has 0 radical (unpaired) electrons. The van der Waals surface area contributed by atoms with Crippen molar-refractivity contribution in [3.05, 3.63) is 46.3 Å². The molecule has 2 aromatic rings. The van der Waals surface area contributed by atoms with E-state index >= 15 is 0 Å². The van der Waals surface area contributed by atoms with Crippen LogP contribution in [0.25, 0.3) is 0 Å². The standard InChI is InChI=1S/C13H12BrFN4O/c1-2-16-12-6-5-11(18-19-12)13(20)17-10-4-3-8(15)7-9(10)14/h3-7H,2H2,1H3,(H,16,19)(H,17,20). The van der Waals surface area contributed by atoms with Crippen LogP contribution in [0.2, 0.25) is 0 Å². The van der Waals surface area contributed by atoms with Gasteiger partial charge in [0.2, 0.25) is 0 Å². The van der Waals surface area contributed by atoms with E-state index in [9.17, 15) is 9.18 Å². The van der Waals surface area contributed by atoms with E-state index in [0.717, 1.165) is 6.54 Å². The molecule has 5 nitrogen and oxygen atoms in total. The van der Waals surface area contributed by atoms with Crippen molar-refractivity contribution in [3.8, 4) is 0 Å². The monoisotopic (exact) mass is 338 g/mol. The number of hydrogen-bond donors (Lipinski definition) is 2. The normalized spacial score (nSPS) is 10.2. The van der Waals surface area contributed by atoms with E-state index < -0.39 is 5.91 Å². The molecule has 0 saturated carbocycles. The minimum absolute atomic E-state index is 0.183. The predicted octanol–water partition coefficient (Wildman–Crippen LogP) is 3.06. The number of carbonyl (C=O) groups excluding carboxylic acids is 1. The number of hydrogen-bond acceptors (Lipinski definition) is 4. The van der Waals surface area contributed by atoms with Gasteiger partial charge in [0.05, 0.1) is 5.69 Å². The second-order valence-corrected chi connectivity index (χ2v) is 4.77. The molecule has 1 aromatic heterocycles. The third kappa shape index (κ3) is 3.51. The molecule has 1 aromatic carbocycles. The molecule has 0 bridgehead atoms. The van der Waals surface area contributed by atoms with E-state index in [0.29, 0.717) is 16.0 Å². The lowest BCUT2D eigenvalue weighted by molar-refractivity contribution is 0.102. The quantitative estimate of drug-likeness (QED) is 0.898. The Hall–Kier alpha value is -2.02. The van der Waals surface area contributed by atoms with Gasteiger partial charge >= 0.3 is 0 Å². The van der Waals surface area contributed by atoms with Crippen molar-refractivity contribution in [2.45, 2.75) is 6.92 Å². The van der Waals surface area contributed by atoms with Crippen molar-refractivity contribution in [2.75, 3.05) is 17.2 Å². The average molecular weight is 339 g/mol. The van der Waals surface area contributed by atoms with E-state index in [-0.39, 0.29) is 11.5 Å². The SMILES string of the molecule is CCNc1ccc(C(=O)Nc2ccc(F)cc2Br)nn1. The van der Waals surface area contributed by atoms with E-state index in [1.807, 2.05) is 6.92 Å². The molecule has 0 aliphatic rings. The summed E-state index contributed by atoms with van der Waals surface area (Å²) in [6.07, 6.45) is 0. The van der Waals surface area contributed by atoms with Gasteiger partial charge in [-0.25, -0.2) is 4.39 Å². The van der Waals surface area contributed by atoms with Crippen LogP contribution in [-0.4, -0.2) is 22.6 Å². The number of benzene rings is 1. The number of halogens is 2. The Morgan fingerprint density at radius 3 is 2.70 bits per heavy atom. The summed E-state index contributed by atoms with van der Waals surface area (Å²) in [4.78, 5) is 12.0. The first-order chi connectivity index (χ1) is 9.60. The molecule has 0 unspecified atom stereocenters. The van der Waals surface area contributed by atoms with Crippen LogP contribution in [-0.2, 0) is 0 Å². The zero-order valence-electron chi connectivity index (χ0n) is 10.7. The smallest absolute Gasteiger partial charge is 0.276 e. The minimum atomic E-state index is -0.409. The molecule has 0 spiro atoms. The van der Waals surface area contributed by atoms with Gasteiger partial charge in [-0.15, -0.1) is 10.2 Å². The largest absolute Gasteiger partial charge is 0.369 e. The molecule has 20 heavy (non-hydrogen) atoms. The van der Waals surface area contributed by atoms with Crippen LogP contribution in [0, 0.1) is 5.82 Å². The minimum Gasteiger partial charge on any atom is -0.369 e. The molecule has 0 saturated heterocycles. The molecule has 7 heteroatoms. The highest BCUT2D eigenvalue weighted by atomic mass is 79.9. The van der Waals surface area contributed by atoms with Crippen LogP contribution in [0.1, 0.15) is 17.4 Å². The van der Waals surface area contributed by atoms with Gasteiger partial charge in [0.1, 0.15) is 11.6 Å². The summed E-state index contributed by atoms with van der Waals surface area (Å²) in [6.45, 7) is 2.66. The first-order valence-electron chi connectivity index (χ1n) is 5.94. The zero-order valence-corrected chi connectivity index (χ0v) is 12.2. The van der Waals surface area contributed by atoms with Gasteiger partial charge in [-0.2, -0.15) is 0 Å². The molecule has 104 valence electrons. The highest BCUT2D eigenvalue weighted by Gasteiger charge is 2.10. The number of carbonyl (C=O) groups is 1. The van der Waals surface area contributed by atoms with Crippen LogP contribution in [0.15, 0.2) is 34.8 Å². The summed E-state index contributed by atoms with van der Waals surface area (Å²) >= 11 is 3.18. The summed E-state index contributed by atoms with van der Waals surface area (Å²) in [5, 5.41) is 13.3. The van der Waals surface area contributed by atoms with Crippen molar-refractivity contribution in [3.63, 3.8) is 0 Å². The van der Waals surface area contributed by atoms with Gasteiger partial charge in [-0.3, -0.25) is 4.79 Å². The van der Waals surface area contributed by atoms with Gasteiger partial charge < -0.3 is 10.6 Å². The second-order valence-electron chi connectivity index (χ2n) is 3.91. The van der Waals surface area contributed by atoms with Crippen LogP contribution in [0.3, 0.4) is 0 Å². The van der Waals surface area contributed by atoms with Crippen molar-refractivity contribution in [1.29, 1.82) is 0 Å². The fourth-order valence-electron chi connectivity index (χ4n) is 1.51. The summed E-state index contributed by atoms with van der Waals surface area (Å²) in [5.41, 5.74) is 0.650. The number of nitrogens with one attached hydrogen (secondary N) is 2. The van der Waals surface area contributed by atoms with Crippen molar-refractivity contribution in [1.82, 2.24) is 10.2 Å². The fraction of sp³-hybridized carbons (Fsp3) is 0.154. The fourth-order valence-corrected chi connectivity index (χ4v) is 1.96. The summed E-state index contributed by atoms with van der Waals surface area (Å²) in [7, 11) is 0. The Bertz CT molecular complexity index is 618. The summed E-state index contributed by atoms with van der Waals surface area (Å²) in [5.74, 6) is -0.190. The number of anilines is 2. The Kier molecular flexibility index (Phi) is 4.62. The third-order valence-corrected chi connectivity index (χ3v) is 3.09. The van der Waals surface area contributed by atoms with Crippen LogP contribution < -0.4 is 10.6 Å². The predicted molar refractivity (Wildman–Crippen MR) is 78.2 cm³/mol. The molecular formula is C13H12BrFN4O. The Balaban J connectivity index is 2.11. The average Bonchev–Trinajstić information content (AvgIpc) is 2.43. The number of aromatic nitrogens is 2. The van der Waals surface area contributed by atoms with E-state index in [1.165, 1.54) is 18.2 Å². The maximum atomic E-state index is 13.0. The third-order valence-electron chi connectivity index (χ3n) is 2.43. The number of nitrogens with zero attached hydrogens (tertiary/aromatic N) is 2. The zero-order chi connectivity index (χ0) is 14.5. The van der Waals surface area contributed by atoms with E-state index in [4.69, 9.17) is 0 Å². The molecule has 1 amide bonds.